The molecule has 9 heteroatoms. The van der Waals surface area contributed by atoms with Crippen LogP contribution in [0.25, 0.3) is 5.95 Å². The molecule has 1 atom stereocenters. The van der Waals surface area contributed by atoms with Crippen molar-refractivity contribution < 1.29 is 4.74 Å². The standard InChI is InChI=1S/C11H16N8O/c1-20-8-2-4-18(6-8)10-14-9(17-12)15-11(16-10)19-5-3-13-7-19/h3,5,7-8H,2,4,6,12H2,1H3,(H,14,15,16,17). The Morgan fingerprint density at radius 2 is 2.20 bits per heavy atom. The summed E-state index contributed by atoms with van der Waals surface area (Å²) in [6.45, 7) is 1.60. The molecule has 20 heavy (non-hydrogen) atoms. The first-order chi connectivity index (χ1) is 9.80. The number of anilines is 2. The lowest BCUT2D eigenvalue weighted by molar-refractivity contribution is 0.121. The van der Waals surface area contributed by atoms with Gasteiger partial charge < -0.3 is 9.64 Å². The minimum absolute atomic E-state index is 0.206. The Hall–Kier alpha value is -2.26. The Balaban J connectivity index is 1.93. The molecule has 1 fully saturated rings. The van der Waals surface area contributed by atoms with Crippen LogP contribution < -0.4 is 16.2 Å². The first-order valence-electron chi connectivity index (χ1n) is 6.29. The molecule has 1 saturated heterocycles. The van der Waals surface area contributed by atoms with Crippen molar-refractivity contribution in [3.63, 3.8) is 0 Å². The summed E-state index contributed by atoms with van der Waals surface area (Å²) < 4.78 is 7.06. The summed E-state index contributed by atoms with van der Waals surface area (Å²) >= 11 is 0. The molecule has 3 rings (SSSR count). The molecule has 2 aromatic rings. The molecule has 0 amide bonds. The summed E-state index contributed by atoms with van der Waals surface area (Å²) in [5, 5.41) is 0. The SMILES string of the molecule is COC1CCN(c2nc(NN)nc(-n3ccnc3)n2)C1. The maximum Gasteiger partial charge on any atom is 0.243 e. The number of aromatic nitrogens is 5. The van der Waals surface area contributed by atoms with Crippen molar-refractivity contribution in [3.8, 4) is 5.95 Å². The van der Waals surface area contributed by atoms with E-state index >= 15 is 0 Å². The number of methoxy groups -OCH3 is 1. The molecule has 0 spiro atoms. The van der Waals surface area contributed by atoms with Crippen molar-refractivity contribution in [3.05, 3.63) is 18.7 Å². The molecule has 0 aromatic carbocycles. The van der Waals surface area contributed by atoms with Crippen LogP contribution in [0.2, 0.25) is 0 Å². The molecule has 0 saturated carbocycles. The highest BCUT2D eigenvalue weighted by molar-refractivity contribution is 5.40. The number of nitrogen functional groups attached to an aromatic ring is 1. The molecular weight excluding hydrogens is 260 g/mol. The highest BCUT2D eigenvalue weighted by atomic mass is 16.5. The van der Waals surface area contributed by atoms with Gasteiger partial charge in [-0.05, 0) is 6.42 Å². The number of nitrogens with zero attached hydrogens (tertiary/aromatic N) is 6. The van der Waals surface area contributed by atoms with Gasteiger partial charge in [-0.25, -0.2) is 10.8 Å². The minimum Gasteiger partial charge on any atom is -0.380 e. The quantitative estimate of drug-likeness (QED) is 0.572. The van der Waals surface area contributed by atoms with Crippen molar-refractivity contribution in [2.24, 2.45) is 5.84 Å². The van der Waals surface area contributed by atoms with Crippen LogP contribution in [0.4, 0.5) is 11.9 Å². The fraction of sp³-hybridized carbons (Fsp3) is 0.455. The van der Waals surface area contributed by atoms with Crippen LogP contribution in [0.1, 0.15) is 6.42 Å². The second-order valence-electron chi connectivity index (χ2n) is 4.47. The van der Waals surface area contributed by atoms with Gasteiger partial charge in [0.15, 0.2) is 0 Å². The number of nitrogens with two attached hydrogens (primary N) is 1. The lowest BCUT2D eigenvalue weighted by Gasteiger charge is -2.17. The Kier molecular flexibility index (Phi) is 3.44. The molecular formula is C11H16N8O. The molecule has 1 aliphatic heterocycles. The molecule has 3 heterocycles. The lowest BCUT2D eigenvalue weighted by atomic mass is 10.3. The molecule has 1 unspecified atom stereocenters. The number of ether oxygens (including phenoxy) is 1. The zero-order valence-electron chi connectivity index (χ0n) is 11.1. The first-order valence-corrected chi connectivity index (χ1v) is 6.29. The zero-order valence-corrected chi connectivity index (χ0v) is 11.1. The Morgan fingerprint density at radius 3 is 2.85 bits per heavy atom. The van der Waals surface area contributed by atoms with E-state index in [0.717, 1.165) is 19.5 Å². The van der Waals surface area contributed by atoms with E-state index in [0.29, 0.717) is 17.8 Å². The second kappa shape index (κ2) is 5.39. The molecule has 0 aliphatic carbocycles. The van der Waals surface area contributed by atoms with Gasteiger partial charge in [-0.1, -0.05) is 0 Å². The van der Waals surface area contributed by atoms with Crippen LogP contribution in [0.5, 0.6) is 0 Å². The normalized spacial score (nSPS) is 18.5. The summed E-state index contributed by atoms with van der Waals surface area (Å²) in [6.07, 6.45) is 6.21. The van der Waals surface area contributed by atoms with Gasteiger partial charge in [-0.2, -0.15) is 15.0 Å². The second-order valence-corrected chi connectivity index (χ2v) is 4.47. The molecule has 1 aliphatic rings. The maximum absolute atomic E-state index is 5.42. The lowest BCUT2D eigenvalue weighted by Crippen LogP contribution is -2.26. The van der Waals surface area contributed by atoms with Crippen LogP contribution in [-0.2, 0) is 4.74 Å². The van der Waals surface area contributed by atoms with Gasteiger partial charge in [0.1, 0.15) is 6.33 Å². The average molecular weight is 276 g/mol. The predicted molar refractivity (Wildman–Crippen MR) is 72.4 cm³/mol. The first kappa shape index (κ1) is 12.8. The number of nitrogens with one attached hydrogen (secondary N) is 1. The smallest absolute Gasteiger partial charge is 0.243 e. The van der Waals surface area contributed by atoms with Crippen molar-refractivity contribution in [2.45, 2.75) is 12.5 Å². The minimum atomic E-state index is 0.206. The van der Waals surface area contributed by atoms with E-state index in [9.17, 15) is 0 Å². The van der Waals surface area contributed by atoms with E-state index in [1.54, 1.807) is 30.4 Å². The summed E-state index contributed by atoms with van der Waals surface area (Å²) in [6, 6.07) is 0. The van der Waals surface area contributed by atoms with Gasteiger partial charge >= 0.3 is 0 Å². The highest BCUT2D eigenvalue weighted by Gasteiger charge is 2.25. The van der Waals surface area contributed by atoms with E-state index in [-0.39, 0.29) is 6.10 Å². The van der Waals surface area contributed by atoms with Crippen LogP contribution in [0, 0.1) is 0 Å². The van der Waals surface area contributed by atoms with Crippen LogP contribution in [-0.4, -0.2) is 50.8 Å². The number of hydrazine groups is 1. The predicted octanol–water partition coefficient (Wildman–Crippen LogP) is -0.432. The van der Waals surface area contributed by atoms with Crippen molar-refractivity contribution >= 4 is 11.9 Å². The van der Waals surface area contributed by atoms with E-state index in [2.05, 4.69) is 30.3 Å². The van der Waals surface area contributed by atoms with Gasteiger partial charge in [0.05, 0.1) is 6.10 Å². The highest BCUT2D eigenvalue weighted by Crippen LogP contribution is 2.19. The zero-order chi connectivity index (χ0) is 13.9. The summed E-state index contributed by atoms with van der Waals surface area (Å²) in [5.41, 5.74) is 2.46. The largest absolute Gasteiger partial charge is 0.380 e. The van der Waals surface area contributed by atoms with Crippen molar-refractivity contribution in [2.75, 3.05) is 30.5 Å². The third-order valence-corrected chi connectivity index (χ3v) is 3.24. The maximum atomic E-state index is 5.42. The number of hydrogen-bond donors (Lipinski definition) is 2. The monoisotopic (exact) mass is 276 g/mol. The van der Waals surface area contributed by atoms with Gasteiger partial charge in [-0.3, -0.25) is 9.99 Å². The van der Waals surface area contributed by atoms with Gasteiger partial charge in [0.2, 0.25) is 17.8 Å². The molecule has 2 aromatic heterocycles. The summed E-state index contributed by atoms with van der Waals surface area (Å²) in [7, 11) is 1.71. The molecule has 0 radical (unpaired) electrons. The van der Waals surface area contributed by atoms with E-state index in [4.69, 9.17) is 10.6 Å². The van der Waals surface area contributed by atoms with E-state index in [1.807, 2.05) is 0 Å². The van der Waals surface area contributed by atoms with Gasteiger partial charge in [-0.15, -0.1) is 0 Å². The molecule has 9 nitrogen and oxygen atoms in total. The molecule has 0 bridgehead atoms. The van der Waals surface area contributed by atoms with Crippen molar-refractivity contribution in [1.29, 1.82) is 0 Å². The van der Waals surface area contributed by atoms with Crippen LogP contribution in [0.3, 0.4) is 0 Å². The average Bonchev–Trinajstić information content (AvgIpc) is 3.17. The third-order valence-electron chi connectivity index (χ3n) is 3.24. The van der Waals surface area contributed by atoms with Gasteiger partial charge in [0.25, 0.3) is 0 Å². The van der Waals surface area contributed by atoms with Crippen LogP contribution in [0.15, 0.2) is 18.7 Å². The number of imidazole rings is 1. The fourth-order valence-electron chi connectivity index (χ4n) is 2.15. The van der Waals surface area contributed by atoms with Crippen LogP contribution >= 0.6 is 0 Å². The Labute approximate surface area is 115 Å². The summed E-state index contributed by atoms with van der Waals surface area (Å²) in [4.78, 5) is 19.0. The van der Waals surface area contributed by atoms with Crippen molar-refractivity contribution in [1.82, 2.24) is 24.5 Å². The third kappa shape index (κ3) is 2.40. The fourth-order valence-corrected chi connectivity index (χ4v) is 2.15. The topological polar surface area (TPSA) is 107 Å². The van der Waals surface area contributed by atoms with Gasteiger partial charge in [0, 0.05) is 32.6 Å². The van der Waals surface area contributed by atoms with E-state index < -0.39 is 0 Å². The number of hydrogen-bond acceptors (Lipinski definition) is 8. The Bertz CT molecular complexity index is 572. The van der Waals surface area contributed by atoms with E-state index in [1.165, 1.54) is 0 Å². The Morgan fingerprint density at radius 1 is 1.35 bits per heavy atom. The summed E-state index contributed by atoms with van der Waals surface area (Å²) in [5.74, 6) is 6.79. The molecule has 3 N–H and O–H groups in total. The number of rotatable bonds is 4. The molecule has 106 valence electrons.